The summed E-state index contributed by atoms with van der Waals surface area (Å²) in [6, 6.07) is 11.1. The van der Waals surface area contributed by atoms with Crippen LogP contribution in [0, 0.1) is 16.7 Å². The third-order valence-electron chi connectivity index (χ3n) is 7.92. The lowest BCUT2D eigenvalue weighted by molar-refractivity contribution is 0.102. The maximum absolute atomic E-state index is 13.5. The van der Waals surface area contributed by atoms with Gasteiger partial charge < -0.3 is 10.2 Å². The van der Waals surface area contributed by atoms with E-state index in [4.69, 9.17) is 0 Å². The molecule has 9 heteroatoms. The standard InChI is InChI=1S/C29H38N2O5S2/c1-28(2,3)20-38(35,36)23-6-4-5-22(17-23)30-27(32)25-10-9-24(37(33,34)19-21-7-8-21)18-26(25)31-15-13-29(11-12-29)14-16-31/h4-6,9-10,17-18,21H,7-8,11-16,19-20H2,1-3H3,(H,30,32). The Balaban J connectivity index is 1.42. The zero-order valence-electron chi connectivity index (χ0n) is 22.5. The Morgan fingerprint density at radius 1 is 0.921 bits per heavy atom. The molecule has 5 rings (SSSR count). The molecule has 3 fully saturated rings. The Hall–Kier alpha value is -2.39. The fourth-order valence-corrected chi connectivity index (χ4v) is 8.98. The summed E-state index contributed by atoms with van der Waals surface area (Å²) < 4.78 is 51.9. The summed E-state index contributed by atoms with van der Waals surface area (Å²) in [5.74, 6) is -0.00711. The number of hydrogen-bond donors (Lipinski definition) is 1. The van der Waals surface area contributed by atoms with Gasteiger partial charge in [0.1, 0.15) is 0 Å². The largest absolute Gasteiger partial charge is 0.371 e. The molecule has 1 aliphatic heterocycles. The summed E-state index contributed by atoms with van der Waals surface area (Å²) in [5.41, 5.74) is 1.45. The van der Waals surface area contributed by atoms with Crippen LogP contribution >= 0.6 is 0 Å². The van der Waals surface area contributed by atoms with Gasteiger partial charge in [-0.2, -0.15) is 0 Å². The van der Waals surface area contributed by atoms with Crippen LogP contribution in [0.1, 0.15) is 69.7 Å². The van der Waals surface area contributed by atoms with Crippen LogP contribution in [0.2, 0.25) is 0 Å². The highest BCUT2D eigenvalue weighted by Crippen LogP contribution is 2.54. The molecule has 1 saturated heterocycles. The van der Waals surface area contributed by atoms with E-state index in [-0.39, 0.29) is 33.1 Å². The molecule has 206 valence electrons. The van der Waals surface area contributed by atoms with E-state index >= 15 is 0 Å². The second-order valence-corrected chi connectivity index (χ2v) is 16.7. The molecule has 2 aromatic carbocycles. The Labute approximate surface area is 226 Å². The zero-order valence-corrected chi connectivity index (χ0v) is 24.1. The summed E-state index contributed by atoms with van der Waals surface area (Å²) in [7, 11) is -6.96. The molecule has 0 unspecified atom stereocenters. The van der Waals surface area contributed by atoms with E-state index in [1.807, 2.05) is 20.8 Å². The predicted octanol–water partition coefficient (Wildman–Crippen LogP) is 5.32. The van der Waals surface area contributed by atoms with Crippen molar-refractivity contribution in [1.29, 1.82) is 0 Å². The lowest BCUT2D eigenvalue weighted by Gasteiger charge is -2.35. The van der Waals surface area contributed by atoms with Crippen molar-refractivity contribution in [3.8, 4) is 0 Å². The molecule has 2 aromatic rings. The number of sulfone groups is 2. The number of amides is 1. The van der Waals surface area contributed by atoms with E-state index in [1.165, 1.54) is 25.0 Å². The monoisotopic (exact) mass is 558 g/mol. The fourth-order valence-electron chi connectivity index (χ4n) is 5.37. The van der Waals surface area contributed by atoms with Gasteiger partial charge in [-0.3, -0.25) is 4.79 Å². The van der Waals surface area contributed by atoms with Gasteiger partial charge in [0.15, 0.2) is 19.7 Å². The molecule has 0 atom stereocenters. The number of nitrogens with zero attached hydrogens (tertiary/aromatic N) is 1. The zero-order chi connectivity index (χ0) is 27.3. The van der Waals surface area contributed by atoms with Crippen molar-refractivity contribution in [1.82, 2.24) is 0 Å². The number of rotatable bonds is 8. The molecule has 3 aliphatic rings. The van der Waals surface area contributed by atoms with Crippen LogP contribution in [0.4, 0.5) is 11.4 Å². The van der Waals surface area contributed by atoms with E-state index in [0.717, 1.165) is 38.8 Å². The number of piperidine rings is 1. The molecule has 1 N–H and O–H groups in total. The number of carbonyl (C=O) groups excluding carboxylic acids is 1. The molecule has 0 bridgehead atoms. The Bertz CT molecular complexity index is 1440. The smallest absolute Gasteiger partial charge is 0.257 e. The molecule has 2 saturated carbocycles. The molecule has 38 heavy (non-hydrogen) atoms. The lowest BCUT2D eigenvalue weighted by atomic mass is 9.93. The molecule has 1 spiro atoms. The van der Waals surface area contributed by atoms with Crippen LogP contribution in [0.25, 0.3) is 0 Å². The third kappa shape index (κ3) is 6.25. The van der Waals surface area contributed by atoms with Gasteiger partial charge in [-0.1, -0.05) is 26.8 Å². The molecular formula is C29H38N2O5S2. The van der Waals surface area contributed by atoms with E-state index in [1.54, 1.807) is 30.3 Å². The molecule has 2 aliphatic carbocycles. The molecule has 7 nitrogen and oxygen atoms in total. The number of nitrogens with one attached hydrogen (secondary N) is 1. The predicted molar refractivity (Wildman–Crippen MR) is 150 cm³/mol. The Morgan fingerprint density at radius 2 is 1.58 bits per heavy atom. The molecule has 1 amide bonds. The van der Waals surface area contributed by atoms with Crippen molar-refractivity contribution < 1.29 is 21.6 Å². The fraction of sp³-hybridized carbons (Fsp3) is 0.552. The number of anilines is 2. The van der Waals surface area contributed by atoms with Gasteiger partial charge in [0.2, 0.25) is 0 Å². The average molecular weight is 559 g/mol. The maximum Gasteiger partial charge on any atom is 0.257 e. The highest BCUT2D eigenvalue weighted by Gasteiger charge is 2.44. The summed E-state index contributed by atoms with van der Waals surface area (Å²) >= 11 is 0. The van der Waals surface area contributed by atoms with Crippen molar-refractivity contribution in [2.45, 2.75) is 69.1 Å². The van der Waals surface area contributed by atoms with Gasteiger partial charge in [0, 0.05) is 18.8 Å². The minimum absolute atomic E-state index is 0.00517. The summed E-state index contributed by atoms with van der Waals surface area (Å²) in [5, 5.41) is 2.86. The van der Waals surface area contributed by atoms with Crippen LogP contribution < -0.4 is 10.2 Å². The van der Waals surface area contributed by atoms with Gasteiger partial charge >= 0.3 is 0 Å². The lowest BCUT2D eigenvalue weighted by Crippen LogP contribution is -2.36. The average Bonchev–Trinajstić information content (AvgIpc) is 3.77. The van der Waals surface area contributed by atoms with E-state index in [2.05, 4.69) is 10.2 Å². The van der Waals surface area contributed by atoms with E-state index < -0.39 is 25.1 Å². The topological polar surface area (TPSA) is 101 Å². The maximum atomic E-state index is 13.5. The van der Waals surface area contributed by atoms with Gasteiger partial charge in [0.25, 0.3) is 5.91 Å². The second-order valence-electron chi connectivity index (χ2n) is 12.7. The first-order valence-electron chi connectivity index (χ1n) is 13.5. The minimum Gasteiger partial charge on any atom is -0.371 e. The molecular weight excluding hydrogens is 520 g/mol. The van der Waals surface area contributed by atoms with E-state index in [9.17, 15) is 21.6 Å². The van der Waals surface area contributed by atoms with Crippen molar-refractivity contribution >= 4 is 37.0 Å². The quantitative estimate of drug-likeness (QED) is 0.471. The van der Waals surface area contributed by atoms with Gasteiger partial charge in [-0.05, 0) is 91.7 Å². The highest BCUT2D eigenvalue weighted by molar-refractivity contribution is 7.91. The van der Waals surface area contributed by atoms with Crippen molar-refractivity contribution in [3.63, 3.8) is 0 Å². The molecule has 0 radical (unpaired) electrons. The van der Waals surface area contributed by atoms with Gasteiger partial charge in [-0.15, -0.1) is 0 Å². The van der Waals surface area contributed by atoms with Gasteiger partial charge in [0.05, 0.1) is 32.5 Å². The van der Waals surface area contributed by atoms with Crippen molar-refractivity contribution in [2.24, 2.45) is 16.7 Å². The van der Waals surface area contributed by atoms with Crippen LogP contribution in [0.15, 0.2) is 52.3 Å². The van der Waals surface area contributed by atoms with Crippen LogP contribution in [0.3, 0.4) is 0 Å². The first-order chi connectivity index (χ1) is 17.8. The molecule has 0 aromatic heterocycles. The van der Waals surface area contributed by atoms with Crippen molar-refractivity contribution in [3.05, 3.63) is 48.0 Å². The first-order valence-corrected chi connectivity index (χ1v) is 16.8. The minimum atomic E-state index is -3.52. The van der Waals surface area contributed by atoms with Crippen LogP contribution in [-0.4, -0.2) is 47.3 Å². The Kier molecular flexibility index (Phi) is 6.91. The van der Waals surface area contributed by atoms with E-state index in [0.29, 0.717) is 22.4 Å². The SMILES string of the molecule is CC(C)(C)CS(=O)(=O)c1cccc(NC(=O)c2ccc(S(=O)(=O)CC3CC3)cc2N2CCC3(CC2)CC3)c1. The number of benzene rings is 2. The normalized spacial score (nSPS) is 19.4. The van der Waals surface area contributed by atoms with Crippen molar-refractivity contribution in [2.75, 3.05) is 34.8 Å². The number of carbonyl (C=O) groups is 1. The second kappa shape index (κ2) is 9.66. The first kappa shape index (κ1) is 27.2. The Morgan fingerprint density at radius 3 is 2.18 bits per heavy atom. The summed E-state index contributed by atoms with van der Waals surface area (Å²) in [6.07, 6.45) is 6.48. The highest BCUT2D eigenvalue weighted by atomic mass is 32.2. The molecule has 1 heterocycles. The summed E-state index contributed by atoms with van der Waals surface area (Å²) in [6.45, 7) is 7.19. The number of hydrogen-bond acceptors (Lipinski definition) is 6. The van der Waals surface area contributed by atoms with Crippen LogP contribution in [0.5, 0.6) is 0 Å². The van der Waals surface area contributed by atoms with Crippen LogP contribution in [-0.2, 0) is 19.7 Å². The third-order valence-corrected chi connectivity index (χ3v) is 12.0. The van der Waals surface area contributed by atoms with Gasteiger partial charge in [-0.25, -0.2) is 16.8 Å². The summed E-state index contributed by atoms with van der Waals surface area (Å²) in [4.78, 5) is 16.1.